The fourth-order valence-electron chi connectivity index (χ4n) is 4.55. The van der Waals surface area contributed by atoms with Crippen LogP contribution >= 0.6 is 35.3 Å². The van der Waals surface area contributed by atoms with Gasteiger partial charge in [-0.2, -0.15) is 13.2 Å². The Kier molecular flexibility index (Phi) is 10.2. The number of likely N-dealkylation sites (tertiary alicyclic amines) is 2. The molecule has 3 rings (SSSR count). The number of halogens is 4. The van der Waals surface area contributed by atoms with E-state index in [0.29, 0.717) is 31.6 Å². The Morgan fingerprint density at radius 2 is 2.00 bits per heavy atom. The summed E-state index contributed by atoms with van der Waals surface area (Å²) in [5.74, 6) is 1.45. The van der Waals surface area contributed by atoms with Gasteiger partial charge in [-0.1, -0.05) is 6.07 Å². The number of thiophene rings is 1. The molecule has 2 fully saturated rings. The van der Waals surface area contributed by atoms with Crippen LogP contribution in [0.2, 0.25) is 0 Å². The van der Waals surface area contributed by atoms with E-state index in [2.05, 4.69) is 45.1 Å². The first kappa shape index (κ1) is 25.7. The number of piperidine rings is 1. The summed E-state index contributed by atoms with van der Waals surface area (Å²) < 4.78 is 37.7. The minimum Gasteiger partial charge on any atom is -0.356 e. The largest absolute Gasteiger partial charge is 0.401 e. The molecule has 0 aromatic carbocycles. The summed E-state index contributed by atoms with van der Waals surface area (Å²) in [4.78, 5) is 9.64. The van der Waals surface area contributed by atoms with Gasteiger partial charge in [-0.3, -0.25) is 14.8 Å². The van der Waals surface area contributed by atoms with Gasteiger partial charge in [0.05, 0.1) is 6.54 Å². The molecule has 2 saturated heterocycles. The standard InChI is InChI=1S/C20H32F3N5S.HI/c1-24-19(25-11-15-7-9-28(13-15)14-20(21,22)23)26-12-16-5-3-8-27(2)18(16)17-6-4-10-29-17;/h4,6,10,15-16,18H,3,5,7-9,11-14H2,1-2H3,(H2,24,25,26);1H. The number of nitrogens with zero attached hydrogens (tertiary/aromatic N) is 3. The van der Waals surface area contributed by atoms with E-state index in [0.717, 1.165) is 25.5 Å². The van der Waals surface area contributed by atoms with Crippen LogP contribution in [0.25, 0.3) is 0 Å². The van der Waals surface area contributed by atoms with E-state index in [9.17, 15) is 13.2 Å². The van der Waals surface area contributed by atoms with Crippen molar-refractivity contribution in [3.63, 3.8) is 0 Å². The Hall–Kier alpha value is -0.590. The van der Waals surface area contributed by atoms with Crippen molar-refractivity contribution in [1.29, 1.82) is 0 Å². The number of hydrogen-bond donors (Lipinski definition) is 2. The first-order valence-electron chi connectivity index (χ1n) is 10.3. The summed E-state index contributed by atoms with van der Waals surface area (Å²) in [7, 11) is 3.93. The predicted octanol–water partition coefficient (Wildman–Crippen LogP) is 3.80. The third-order valence-corrected chi connectivity index (χ3v) is 6.87. The van der Waals surface area contributed by atoms with Crippen LogP contribution in [0, 0.1) is 11.8 Å². The van der Waals surface area contributed by atoms with Gasteiger partial charge in [0.25, 0.3) is 0 Å². The van der Waals surface area contributed by atoms with Gasteiger partial charge < -0.3 is 10.6 Å². The fraction of sp³-hybridized carbons (Fsp3) is 0.750. The Labute approximate surface area is 198 Å². The highest BCUT2D eigenvalue weighted by Gasteiger charge is 2.34. The summed E-state index contributed by atoms with van der Waals surface area (Å²) >= 11 is 1.81. The number of guanidine groups is 1. The average molecular weight is 559 g/mol. The van der Waals surface area contributed by atoms with Gasteiger partial charge in [0.1, 0.15) is 0 Å². The molecule has 5 nitrogen and oxygen atoms in total. The maximum absolute atomic E-state index is 12.6. The number of nitrogens with one attached hydrogen (secondary N) is 2. The highest BCUT2D eigenvalue weighted by Crippen LogP contribution is 2.36. The van der Waals surface area contributed by atoms with Crippen molar-refractivity contribution >= 4 is 41.3 Å². The quantitative estimate of drug-likeness (QED) is 0.316. The summed E-state index contributed by atoms with van der Waals surface area (Å²) in [5.41, 5.74) is 0. The number of rotatable bonds is 6. The zero-order chi connectivity index (χ0) is 20.9. The van der Waals surface area contributed by atoms with Gasteiger partial charge in [0, 0.05) is 37.6 Å². The molecule has 30 heavy (non-hydrogen) atoms. The molecule has 172 valence electrons. The molecule has 0 radical (unpaired) electrons. The molecule has 0 bridgehead atoms. The number of aliphatic imine (C=N–C) groups is 1. The molecule has 1 aromatic rings. The Bertz CT molecular complexity index is 655. The van der Waals surface area contributed by atoms with E-state index >= 15 is 0 Å². The molecule has 3 atom stereocenters. The molecule has 10 heteroatoms. The molecule has 0 spiro atoms. The lowest BCUT2D eigenvalue weighted by atomic mass is 9.88. The van der Waals surface area contributed by atoms with E-state index in [1.165, 1.54) is 22.6 Å². The summed E-state index contributed by atoms with van der Waals surface area (Å²) in [6.45, 7) is 2.77. The van der Waals surface area contributed by atoms with Gasteiger partial charge in [0.15, 0.2) is 5.96 Å². The molecule has 2 aliphatic rings. The highest BCUT2D eigenvalue weighted by molar-refractivity contribution is 14.0. The molecular weight excluding hydrogens is 526 g/mol. The molecule has 0 aliphatic carbocycles. The monoisotopic (exact) mass is 559 g/mol. The third-order valence-electron chi connectivity index (χ3n) is 5.93. The summed E-state index contributed by atoms with van der Waals surface area (Å²) in [6.07, 6.45) is -0.972. The molecule has 2 N–H and O–H groups in total. The molecule has 2 aliphatic heterocycles. The SMILES string of the molecule is CN=C(NCC1CCN(CC(F)(F)F)C1)NCC1CCCN(C)C1c1cccs1.I. The Balaban J connectivity index is 0.00000320. The van der Waals surface area contributed by atoms with Gasteiger partial charge in [0.2, 0.25) is 0 Å². The first-order chi connectivity index (χ1) is 13.9. The molecule has 1 aromatic heterocycles. The second-order valence-electron chi connectivity index (χ2n) is 8.18. The van der Waals surface area contributed by atoms with E-state index in [1.807, 2.05) is 11.3 Å². The smallest absolute Gasteiger partial charge is 0.356 e. The van der Waals surface area contributed by atoms with Crippen molar-refractivity contribution < 1.29 is 13.2 Å². The molecular formula is C20H33F3IN5S. The molecule has 0 saturated carbocycles. The molecule has 0 amide bonds. The second-order valence-corrected chi connectivity index (χ2v) is 9.16. The zero-order valence-electron chi connectivity index (χ0n) is 17.6. The molecule has 3 heterocycles. The maximum Gasteiger partial charge on any atom is 0.401 e. The van der Waals surface area contributed by atoms with Crippen LogP contribution in [0.1, 0.15) is 30.2 Å². The van der Waals surface area contributed by atoms with Crippen LogP contribution in [-0.4, -0.2) is 75.3 Å². The van der Waals surface area contributed by atoms with Gasteiger partial charge in [-0.15, -0.1) is 35.3 Å². The van der Waals surface area contributed by atoms with Gasteiger partial charge in [-0.05, 0) is 62.7 Å². The van der Waals surface area contributed by atoms with Crippen LogP contribution in [0.15, 0.2) is 22.5 Å². The zero-order valence-corrected chi connectivity index (χ0v) is 20.8. The van der Waals surface area contributed by atoms with Crippen LogP contribution < -0.4 is 10.6 Å². The first-order valence-corrected chi connectivity index (χ1v) is 11.2. The van der Waals surface area contributed by atoms with Crippen molar-refractivity contribution in [2.45, 2.75) is 31.5 Å². The van der Waals surface area contributed by atoms with Crippen LogP contribution in [0.3, 0.4) is 0 Å². The van der Waals surface area contributed by atoms with Crippen LogP contribution in [-0.2, 0) is 0 Å². The summed E-state index contributed by atoms with van der Waals surface area (Å²) in [6, 6.07) is 4.74. The highest BCUT2D eigenvalue weighted by atomic mass is 127. The van der Waals surface area contributed by atoms with E-state index in [1.54, 1.807) is 7.05 Å². The van der Waals surface area contributed by atoms with Crippen molar-refractivity contribution in [2.75, 3.05) is 53.4 Å². The van der Waals surface area contributed by atoms with E-state index < -0.39 is 12.7 Å². The number of alkyl halides is 3. The van der Waals surface area contributed by atoms with E-state index in [-0.39, 0.29) is 29.9 Å². The lowest BCUT2D eigenvalue weighted by Gasteiger charge is -2.39. The predicted molar refractivity (Wildman–Crippen MR) is 128 cm³/mol. The Morgan fingerprint density at radius 1 is 1.23 bits per heavy atom. The lowest BCUT2D eigenvalue weighted by Crippen LogP contribution is -2.46. The van der Waals surface area contributed by atoms with Crippen molar-refractivity contribution in [3.05, 3.63) is 22.4 Å². The minimum atomic E-state index is -4.12. The van der Waals surface area contributed by atoms with Crippen molar-refractivity contribution in [3.8, 4) is 0 Å². The fourth-order valence-corrected chi connectivity index (χ4v) is 5.53. The summed E-state index contributed by atoms with van der Waals surface area (Å²) in [5, 5.41) is 8.89. The minimum absolute atomic E-state index is 0. The maximum atomic E-state index is 12.6. The van der Waals surface area contributed by atoms with Crippen LogP contribution in [0.4, 0.5) is 13.2 Å². The van der Waals surface area contributed by atoms with Crippen molar-refractivity contribution in [1.82, 2.24) is 20.4 Å². The van der Waals surface area contributed by atoms with Crippen molar-refractivity contribution in [2.24, 2.45) is 16.8 Å². The molecule has 3 unspecified atom stereocenters. The second kappa shape index (κ2) is 11.9. The number of hydrogen-bond acceptors (Lipinski definition) is 4. The lowest BCUT2D eigenvalue weighted by molar-refractivity contribution is -0.143. The third kappa shape index (κ3) is 7.52. The van der Waals surface area contributed by atoms with Gasteiger partial charge in [-0.25, -0.2) is 0 Å². The van der Waals surface area contributed by atoms with Gasteiger partial charge >= 0.3 is 6.18 Å². The Morgan fingerprint density at radius 3 is 2.67 bits per heavy atom. The van der Waals surface area contributed by atoms with Crippen LogP contribution in [0.5, 0.6) is 0 Å². The van der Waals surface area contributed by atoms with E-state index in [4.69, 9.17) is 0 Å². The average Bonchev–Trinajstić information content (AvgIpc) is 3.33. The normalized spacial score (nSPS) is 26.4. The topological polar surface area (TPSA) is 42.9 Å².